The molecule has 0 aromatic heterocycles. The summed E-state index contributed by atoms with van der Waals surface area (Å²) in [5.74, 6) is 0.726. The summed E-state index contributed by atoms with van der Waals surface area (Å²) in [6.07, 6.45) is 1.58. The molecule has 1 amide bonds. The highest BCUT2D eigenvalue weighted by Gasteiger charge is 2.28. The van der Waals surface area contributed by atoms with Gasteiger partial charge in [0.05, 0.1) is 0 Å². The monoisotopic (exact) mass is 275 g/mol. The number of nitrogens with two attached hydrogens (primary N) is 1. The van der Waals surface area contributed by atoms with Gasteiger partial charge in [-0.25, -0.2) is 0 Å². The van der Waals surface area contributed by atoms with Crippen LogP contribution in [0.2, 0.25) is 0 Å². The van der Waals surface area contributed by atoms with Crippen molar-refractivity contribution in [2.45, 2.75) is 25.8 Å². The summed E-state index contributed by atoms with van der Waals surface area (Å²) in [6.45, 7) is 3.73. The molecule has 0 aliphatic carbocycles. The van der Waals surface area contributed by atoms with Crippen molar-refractivity contribution in [2.75, 3.05) is 32.1 Å². The van der Waals surface area contributed by atoms with E-state index >= 15 is 0 Å². The lowest BCUT2D eigenvalue weighted by molar-refractivity contribution is -0.129. The second-order valence-corrected chi connectivity index (χ2v) is 5.97. The van der Waals surface area contributed by atoms with Crippen LogP contribution in [0.3, 0.4) is 0 Å². The minimum absolute atomic E-state index is 0.0776. The number of rotatable bonds is 4. The van der Waals surface area contributed by atoms with E-state index in [9.17, 15) is 4.79 Å². The zero-order valence-electron chi connectivity index (χ0n) is 12.7. The van der Waals surface area contributed by atoms with E-state index in [4.69, 9.17) is 5.73 Å². The number of anilines is 1. The van der Waals surface area contributed by atoms with Gasteiger partial charge in [0, 0.05) is 45.3 Å². The van der Waals surface area contributed by atoms with E-state index < -0.39 is 0 Å². The zero-order chi connectivity index (χ0) is 14.7. The third-order valence-electron chi connectivity index (χ3n) is 4.00. The molecule has 4 heteroatoms. The fraction of sp³-hybridized carbons (Fsp3) is 0.562. The van der Waals surface area contributed by atoms with Crippen LogP contribution < -0.4 is 10.6 Å². The third kappa shape index (κ3) is 3.12. The number of carbonyl (C=O) groups excluding carboxylic acids is 1. The van der Waals surface area contributed by atoms with E-state index in [-0.39, 0.29) is 11.9 Å². The molecule has 1 aromatic carbocycles. The van der Waals surface area contributed by atoms with Crippen molar-refractivity contribution in [2.24, 2.45) is 11.7 Å². The molecule has 2 rings (SSSR count). The number of hydrogen-bond acceptors (Lipinski definition) is 3. The maximum absolute atomic E-state index is 12.0. The average molecular weight is 275 g/mol. The summed E-state index contributed by atoms with van der Waals surface area (Å²) in [6, 6.07) is 8.54. The Morgan fingerprint density at radius 2 is 2.15 bits per heavy atom. The molecule has 0 radical (unpaired) electrons. The maximum Gasteiger partial charge on any atom is 0.224 e. The van der Waals surface area contributed by atoms with Gasteiger partial charge in [-0.1, -0.05) is 25.1 Å². The fourth-order valence-corrected chi connectivity index (χ4v) is 2.89. The molecule has 0 bridgehead atoms. The fourth-order valence-electron chi connectivity index (χ4n) is 2.89. The molecule has 0 saturated carbocycles. The van der Waals surface area contributed by atoms with Crippen molar-refractivity contribution in [3.8, 4) is 0 Å². The second-order valence-electron chi connectivity index (χ2n) is 5.97. The molecule has 1 aliphatic rings. The van der Waals surface area contributed by atoms with Crippen molar-refractivity contribution >= 4 is 11.6 Å². The summed E-state index contributed by atoms with van der Waals surface area (Å²) >= 11 is 0. The highest BCUT2D eigenvalue weighted by atomic mass is 16.2. The first-order valence-electron chi connectivity index (χ1n) is 7.27. The maximum atomic E-state index is 12.0. The molecular formula is C16H25N3O. The molecule has 2 atom stereocenters. The van der Waals surface area contributed by atoms with Crippen molar-refractivity contribution in [3.05, 3.63) is 29.8 Å². The minimum atomic E-state index is 0.0776. The number of para-hydroxylation sites is 1. The number of amides is 1. The van der Waals surface area contributed by atoms with Gasteiger partial charge < -0.3 is 15.5 Å². The van der Waals surface area contributed by atoms with Crippen LogP contribution in [0.4, 0.5) is 5.69 Å². The summed E-state index contributed by atoms with van der Waals surface area (Å²) in [4.78, 5) is 16.0. The van der Waals surface area contributed by atoms with Crippen LogP contribution in [-0.4, -0.2) is 44.0 Å². The van der Waals surface area contributed by atoms with E-state index in [0.29, 0.717) is 18.9 Å². The van der Waals surface area contributed by atoms with Gasteiger partial charge in [0.25, 0.3) is 0 Å². The molecule has 0 saturated heterocycles. The van der Waals surface area contributed by atoms with E-state index in [2.05, 4.69) is 36.1 Å². The van der Waals surface area contributed by atoms with E-state index in [1.807, 2.05) is 0 Å². The molecule has 1 heterocycles. The Hall–Kier alpha value is -1.55. The van der Waals surface area contributed by atoms with Crippen LogP contribution >= 0.6 is 0 Å². The highest BCUT2D eigenvalue weighted by molar-refractivity contribution is 5.77. The topological polar surface area (TPSA) is 49.6 Å². The largest absolute Gasteiger partial charge is 0.366 e. The van der Waals surface area contributed by atoms with Crippen molar-refractivity contribution in [1.29, 1.82) is 0 Å². The molecule has 1 aromatic rings. The summed E-state index contributed by atoms with van der Waals surface area (Å²) in [5, 5.41) is 0. The normalized spacial score (nSPS) is 19.4. The first-order chi connectivity index (χ1) is 9.52. The van der Waals surface area contributed by atoms with Crippen LogP contribution in [0.15, 0.2) is 24.3 Å². The van der Waals surface area contributed by atoms with Crippen molar-refractivity contribution in [1.82, 2.24) is 4.90 Å². The van der Waals surface area contributed by atoms with Gasteiger partial charge >= 0.3 is 0 Å². The van der Waals surface area contributed by atoms with E-state index in [0.717, 1.165) is 13.0 Å². The quantitative estimate of drug-likeness (QED) is 0.906. The van der Waals surface area contributed by atoms with Gasteiger partial charge in [-0.3, -0.25) is 4.79 Å². The predicted octanol–water partition coefficient (Wildman–Crippen LogP) is 1.49. The second kappa shape index (κ2) is 6.27. The molecular weight excluding hydrogens is 250 g/mol. The van der Waals surface area contributed by atoms with Gasteiger partial charge in [0.2, 0.25) is 5.91 Å². The van der Waals surface area contributed by atoms with Gasteiger partial charge in [-0.05, 0) is 24.0 Å². The molecule has 0 fully saturated rings. The smallest absolute Gasteiger partial charge is 0.224 e. The van der Waals surface area contributed by atoms with E-state index in [1.54, 1.807) is 19.0 Å². The van der Waals surface area contributed by atoms with Crippen LogP contribution in [0.1, 0.15) is 18.9 Å². The van der Waals surface area contributed by atoms with Gasteiger partial charge in [0.1, 0.15) is 0 Å². The summed E-state index contributed by atoms with van der Waals surface area (Å²) in [5.41, 5.74) is 8.55. The van der Waals surface area contributed by atoms with E-state index in [1.165, 1.54) is 11.3 Å². The first-order valence-corrected chi connectivity index (χ1v) is 7.27. The Morgan fingerprint density at radius 1 is 1.45 bits per heavy atom. The summed E-state index contributed by atoms with van der Waals surface area (Å²) < 4.78 is 0. The van der Waals surface area contributed by atoms with Crippen LogP contribution in [0.25, 0.3) is 0 Å². The Labute approximate surface area is 121 Å². The Bertz CT molecular complexity index is 473. The number of fused-ring (bicyclic) bond motifs is 1. The minimum Gasteiger partial charge on any atom is -0.366 e. The molecule has 20 heavy (non-hydrogen) atoms. The predicted molar refractivity (Wildman–Crippen MR) is 82.8 cm³/mol. The lowest BCUT2D eigenvalue weighted by Crippen LogP contribution is -2.48. The average Bonchev–Trinajstić information content (AvgIpc) is 2.43. The molecule has 110 valence electrons. The van der Waals surface area contributed by atoms with Crippen molar-refractivity contribution < 1.29 is 4.79 Å². The van der Waals surface area contributed by atoms with Crippen molar-refractivity contribution in [3.63, 3.8) is 0 Å². The van der Waals surface area contributed by atoms with Gasteiger partial charge in [0.15, 0.2) is 0 Å². The highest BCUT2D eigenvalue weighted by Crippen LogP contribution is 2.31. The van der Waals surface area contributed by atoms with Crippen LogP contribution in [0.5, 0.6) is 0 Å². The molecule has 2 unspecified atom stereocenters. The number of hydrogen-bond donors (Lipinski definition) is 1. The van der Waals surface area contributed by atoms with Gasteiger partial charge in [-0.15, -0.1) is 0 Å². The lowest BCUT2D eigenvalue weighted by Gasteiger charge is -2.40. The number of carbonyl (C=O) groups is 1. The summed E-state index contributed by atoms with van der Waals surface area (Å²) in [7, 11) is 3.59. The van der Waals surface area contributed by atoms with Gasteiger partial charge in [-0.2, -0.15) is 0 Å². The zero-order valence-corrected chi connectivity index (χ0v) is 12.7. The standard InChI is InChI=1S/C16H25N3O/c1-12-8-13-6-4-5-7-15(13)19(11-12)14(10-17)9-16(20)18(2)3/h4-7,12,14H,8-11,17H2,1-3H3. The third-order valence-corrected chi connectivity index (χ3v) is 4.00. The Balaban J connectivity index is 2.23. The molecule has 1 aliphatic heterocycles. The number of nitrogens with zero attached hydrogens (tertiary/aromatic N) is 2. The Kier molecular flexibility index (Phi) is 4.65. The molecule has 4 nitrogen and oxygen atoms in total. The van der Waals surface area contributed by atoms with Crippen LogP contribution in [-0.2, 0) is 11.2 Å². The molecule has 2 N–H and O–H groups in total. The SMILES string of the molecule is CC1Cc2ccccc2N(C(CN)CC(=O)N(C)C)C1. The first kappa shape index (κ1) is 14.9. The molecule has 0 spiro atoms. The van der Waals surface area contributed by atoms with Crippen LogP contribution in [0, 0.1) is 5.92 Å². The number of benzene rings is 1. The Morgan fingerprint density at radius 3 is 2.80 bits per heavy atom. The lowest BCUT2D eigenvalue weighted by atomic mass is 9.92.